The monoisotopic (exact) mass is 210 g/mol. The lowest BCUT2D eigenvalue weighted by atomic mass is 9.99. The molecule has 1 heterocycles. The highest BCUT2D eigenvalue weighted by Crippen LogP contribution is 2.22. The van der Waals surface area contributed by atoms with E-state index in [-0.39, 0.29) is 6.04 Å². The van der Waals surface area contributed by atoms with E-state index in [2.05, 4.69) is 31.3 Å². The average molecular weight is 210 g/mol. The first-order chi connectivity index (χ1) is 7.06. The van der Waals surface area contributed by atoms with Crippen LogP contribution in [0.15, 0.2) is 6.20 Å². The van der Waals surface area contributed by atoms with E-state index in [1.807, 2.05) is 17.9 Å². The SMILES string of the molecule is Cc1c(C(CCC(C)C)NN)cnn1C. The summed E-state index contributed by atoms with van der Waals surface area (Å²) in [4.78, 5) is 0. The van der Waals surface area contributed by atoms with Crippen molar-refractivity contribution in [3.8, 4) is 0 Å². The van der Waals surface area contributed by atoms with Crippen LogP contribution in [0.4, 0.5) is 0 Å². The molecule has 1 rings (SSSR count). The quantitative estimate of drug-likeness (QED) is 0.574. The minimum Gasteiger partial charge on any atom is -0.273 e. The number of hydrogen-bond acceptors (Lipinski definition) is 3. The maximum Gasteiger partial charge on any atom is 0.0540 e. The first-order valence-electron chi connectivity index (χ1n) is 5.50. The number of nitrogens with two attached hydrogens (primary N) is 1. The zero-order chi connectivity index (χ0) is 11.4. The largest absolute Gasteiger partial charge is 0.273 e. The van der Waals surface area contributed by atoms with E-state index >= 15 is 0 Å². The van der Waals surface area contributed by atoms with Crippen molar-refractivity contribution in [2.45, 2.75) is 39.7 Å². The second-order valence-electron chi connectivity index (χ2n) is 4.50. The fraction of sp³-hybridized carbons (Fsp3) is 0.727. The van der Waals surface area contributed by atoms with E-state index < -0.39 is 0 Å². The van der Waals surface area contributed by atoms with Crippen molar-refractivity contribution in [1.82, 2.24) is 15.2 Å². The molecule has 1 atom stereocenters. The van der Waals surface area contributed by atoms with Crippen molar-refractivity contribution in [2.24, 2.45) is 18.8 Å². The van der Waals surface area contributed by atoms with Gasteiger partial charge in [-0.2, -0.15) is 5.10 Å². The molecule has 1 aromatic heterocycles. The molecule has 0 radical (unpaired) electrons. The predicted molar refractivity (Wildman–Crippen MR) is 62.1 cm³/mol. The number of rotatable bonds is 5. The van der Waals surface area contributed by atoms with Crippen molar-refractivity contribution >= 4 is 0 Å². The van der Waals surface area contributed by atoms with Gasteiger partial charge in [-0.05, 0) is 25.7 Å². The molecule has 0 saturated heterocycles. The number of hydrazine groups is 1. The highest BCUT2D eigenvalue weighted by atomic mass is 15.3. The van der Waals surface area contributed by atoms with Crippen LogP contribution in [0.25, 0.3) is 0 Å². The third-order valence-corrected chi connectivity index (χ3v) is 2.88. The maximum absolute atomic E-state index is 5.58. The highest BCUT2D eigenvalue weighted by molar-refractivity contribution is 5.20. The number of nitrogens with zero attached hydrogens (tertiary/aromatic N) is 2. The average Bonchev–Trinajstić information content (AvgIpc) is 2.50. The van der Waals surface area contributed by atoms with E-state index in [0.717, 1.165) is 6.42 Å². The van der Waals surface area contributed by atoms with Crippen LogP contribution in [0.3, 0.4) is 0 Å². The van der Waals surface area contributed by atoms with Crippen molar-refractivity contribution in [3.05, 3.63) is 17.5 Å². The Balaban J connectivity index is 2.70. The lowest BCUT2D eigenvalue weighted by Crippen LogP contribution is -2.28. The lowest BCUT2D eigenvalue weighted by molar-refractivity contribution is 0.446. The number of nitrogens with one attached hydrogen (secondary N) is 1. The number of hydrogen-bond donors (Lipinski definition) is 2. The molecule has 0 fully saturated rings. The van der Waals surface area contributed by atoms with Gasteiger partial charge in [0.1, 0.15) is 0 Å². The molecule has 4 heteroatoms. The van der Waals surface area contributed by atoms with Gasteiger partial charge in [0.2, 0.25) is 0 Å². The van der Waals surface area contributed by atoms with E-state index in [1.165, 1.54) is 17.7 Å². The Kier molecular flexibility index (Phi) is 4.29. The molecular formula is C11H22N4. The third kappa shape index (κ3) is 3.04. The zero-order valence-corrected chi connectivity index (χ0v) is 10.1. The minimum atomic E-state index is 0.223. The molecule has 0 amide bonds. The van der Waals surface area contributed by atoms with Gasteiger partial charge in [-0.1, -0.05) is 13.8 Å². The summed E-state index contributed by atoms with van der Waals surface area (Å²) in [6.45, 7) is 6.52. The number of aromatic nitrogens is 2. The first-order valence-corrected chi connectivity index (χ1v) is 5.50. The molecular weight excluding hydrogens is 188 g/mol. The molecule has 0 aliphatic rings. The van der Waals surface area contributed by atoms with Crippen molar-refractivity contribution in [3.63, 3.8) is 0 Å². The Morgan fingerprint density at radius 2 is 2.13 bits per heavy atom. The summed E-state index contributed by atoms with van der Waals surface area (Å²) in [6, 6.07) is 0.223. The molecule has 3 N–H and O–H groups in total. The van der Waals surface area contributed by atoms with Gasteiger partial charge in [0.25, 0.3) is 0 Å². The van der Waals surface area contributed by atoms with E-state index in [9.17, 15) is 0 Å². The van der Waals surface area contributed by atoms with Crippen LogP contribution >= 0.6 is 0 Å². The molecule has 0 bridgehead atoms. The Labute approximate surface area is 91.8 Å². The molecule has 0 aliphatic heterocycles. The van der Waals surface area contributed by atoms with Gasteiger partial charge in [-0.25, -0.2) is 0 Å². The van der Waals surface area contributed by atoms with Crippen LogP contribution in [-0.2, 0) is 7.05 Å². The normalized spacial score (nSPS) is 13.5. The molecule has 1 unspecified atom stereocenters. The molecule has 0 aliphatic carbocycles. The highest BCUT2D eigenvalue weighted by Gasteiger charge is 2.15. The third-order valence-electron chi connectivity index (χ3n) is 2.88. The molecule has 15 heavy (non-hydrogen) atoms. The van der Waals surface area contributed by atoms with Gasteiger partial charge in [0.15, 0.2) is 0 Å². The predicted octanol–water partition coefficient (Wildman–Crippen LogP) is 1.67. The summed E-state index contributed by atoms with van der Waals surface area (Å²) in [5.41, 5.74) is 5.27. The molecule has 4 nitrogen and oxygen atoms in total. The fourth-order valence-electron chi connectivity index (χ4n) is 1.69. The molecule has 0 spiro atoms. The Bertz CT molecular complexity index is 304. The summed E-state index contributed by atoms with van der Waals surface area (Å²) >= 11 is 0. The van der Waals surface area contributed by atoms with Crippen molar-refractivity contribution < 1.29 is 0 Å². The van der Waals surface area contributed by atoms with E-state index in [4.69, 9.17) is 5.84 Å². The van der Waals surface area contributed by atoms with Gasteiger partial charge in [-0.15, -0.1) is 0 Å². The summed E-state index contributed by atoms with van der Waals surface area (Å²) < 4.78 is 1.88. The standard InChI is InChI=1S/C11H22N4/c1-8(2)5-6-11(14-12)10-7-13-15(4)9(10)3/h7-8,11,14H,5-6,12H2,1-4H3. The van der Waals surface area contributed by atoms with Crippen LogP contribution in [-0.4, -0.2) is 9.78 Å². The van der Waals surface area contributed by atoms with Gasteiger partial charge in [0.05, 0.1) is 6.20 Å². The van der Waals surface area contributed by atoms with E-state index in [0.29, 0.717) is 5.92 Å². The zero-order valence-electron chi connectivity index (χ0n) is 10.1. The van der Waals surface area contributed by atoms with Gasteiger partial charge in [-0.3, -0.25) is 16.0 Å². The molecule has 86 valence electrons. The van der Waals surface area contributed by atoms with Crippen LogP contribution in [0.5, 0.6) is 0 Å². The molecule has 0 saturated carbocycles. The summed E-state index contributed by atoms with van der Waals surface area (Å²) in [7, 11) is 1.95. The van der Waals surface area contributed by atoms with Crippen LogP contribution in [0, 0.1) is 12.8 Å². The van der Waals surface area contributed by atoms with Crippen molar-refractivity contribution in [2.75, 3.05) is 0 Å². The Hall–Kier alpha value is -0.870. The summed E-state index contributed by atoms with van der Waals surface area (Å²) in [6.07, 6.45) is 4.13. The first kappa shape index (κ1) is 12.2. The van der Waals surface area contributed by atoms with E-state index in [1.54, 1.807) is 0 Å². The Morgan fingerprint density at radius 1 is 1.47 bits per heavy atom. The second-order valence-corrected chi connectivity index (χ2v) is 4.50. The summed E-state index contributed by atoms with van der Waals surface area (Å²) in [5.74, 6) is 6.29. The van der Waals surface area contributed by atoms with Crippen LogP contribution < -0.4 is 11.3 Å². The lowest BCUT2D eigenvalue weighted by Gasteiger charge is -2.16. The number of aryl methyl sites for hydroxylation is 1. The van der Waals surface area contributed by atoms with Crippen LogP contribution in [0.1, 0.15) is 44.0 Å². The molecule has 1 aromatic rings. The maximum atomic E-state index is 5.58. The van der Waals surface area contributed by atoms with Crippen LogP contribution in [0.2, 0.25) is 0 Å². The second kappa shape index (κ2) is 5.28. The van der Waals surface area contributed by atoms with Gasteiger partial charge in [0, 0.05) is 24.3 Å². The topological polar surface area (TPSA) is 55.9 Å². The van der Waals surface area contributed by atoms with Crippen molar-refractivity contribution in [1.29, 1.82) is 0 Å². The molecule has 0 aromatic carbocycles. The minimum absolute atomic E-state index is 0.223. The Morgan fingerprint density at radius 3 is 2.53 bits per heavy atom. The van der Waals surface area contributed by atoms with Gasteiger partial charge >= 0.3 is 0 Å². The summed E-state index contributed by atoms with van der Waals surface area (Å²) in [5, 5.41) is 4.23. The van der Waals surface area contributed by atoms with Gasteiger partial charge < -0.3 is 0 Å². The smallest absolute Gasteiger partial charge is 0.0540 e. The fourth-order valence-corrected chi connectivity index (χ4v) is 1.69.